The van der Waals surface area contributed by atoms with E-state index in [0.29, 0.717) is 0 Å². The highest BCUT2D eigenvalue weighted by atomic mass is 16.3. The summed E-state index contributed by atoms with van der Waals surface area (Å²) in [6.45, 7) is 9.46. The summed E-state index contributed by atoms with van der Waals surface area (Å²) in [5, 5.41) is 4.56. The lowest BCUT2D eigenvalue weighted by atomic mass is 9.81. The smallest absolute Gasteiger partial charge is 0.143 e. The molecule has 0 aliphatic heterocycles. The number of furan rings is 1. The highest BCUT2D eigenvalue weighted by Gasteiger charge is 2.38. The van der Waals surface area contributed by atoms with Crippen LogP contribution in [0, 0.1) is 0 Å². The fourth-order valence-electron chi connectivity index (χ4n) is 11.7. The zero-order valence-electron chi connectivity index (χ0n) is 37.6. The minimum atomic E-state index is -0.125. The van der Waals surface area contributed by atoms with Gasteiger partial charge in [-0.2, -0.15) is 0 Å². The molecule has 0 bridgehead atoms. The normalized spacial score (nSPS) is 14.0. The van der Waals surface area contributed by atoms with Gasteiger partial charge in [-0.1, -0.05) is 198 Å². The summed E-state index contributed by atoms with van der Waals surface area (Å²) < 4.78 is 6.71. The molecule has 0 atom stereocenters. The monoisotopic (exact) mass is 845 g/mol. The number of nitrogens with zero attached hydrogens (tertiary/aromatic N) is 1. The maximum atomic E-state index is 6.71. The molecule has 1 aromatic heterocycles. The van der Waals surface area contributed by atoms with Gasteiger partial charge in [-0.3, -0.25) is 0 Å². The number of rotatable bonds is 6. The Labute approximate surface area is 386 Å². The first-order chi connectivity index (χ1) is 32.3. The fourth-order valence-corrected chi connectivity index (χ4v) is 11.7. The Morgan fingerprint density at radius 1 is 0.364 bits per heavy atom. The van der Waals surface area contributed by atoms with E-state index in [-0.39, 0.29) is 10.8 Å². The van der Waals surface area contributed by atoms with Crippen molar-refractivity contribution in [3.8, 4) is 55.6 Å². The molecule has 314 valence electrons. The molecule has 10 aromatic carbocycles. The van der Waals surface area contributed by atoms with Gasteiger partial charge >= 0.3 is 0 Å². The average molecular weight is 846 g/mol. The molecule has 0 N–H and O–H groups in total. The minimum absolute atomic E-state index is 0.122. The van der Waals surface area contributed by atoms with Gasteiger partial charge in [0.2, 0.25) is 0 Å². The first-order valence-electron chi connectivity index (χ1n) is 23.2. The molecule has 0 fully saturated rings. The molecule has 66 heavy (non-hydrogen) atoms. The molecule has 1 heterocycles. The van der Waals surface area contributed by atoms with E-state index in [0.717, 1.165) is 55.5 Å². The SMILES string of the molecule is CC1(C)c2ccccc2-c2ccc(-c3ccccc3N(c3cccc(-c4cccc5oc6c7ccccc7ccc6c45)c3)c3ccccc3-c3cccc4c3-c3ccccc3C4(C)C)cc21. The van der Waals surface area contributed by atoms with E-state index >= 15 is 0 Å². The van der Waals surface area contributed by atoms with Crippen molar-refractivity contribution >= 4 is 49.8 Å². The zero-order valence-corrected chi connectivity index (χ0v) is 37.6. The van der Waals surface area contributed by atoms with Crippen LogP contribution in [-0.2, 0) is 10.8 Å². The van der Waals surface area contributed by atoms with Crippen molar-refractivity contribution in [1.82, 2.24) is 0 Å². The minimum Gasteiger partial charge on any atom is -0.455 e. The topological polar surface area (TPSA) is 16.4 Å². The number of hydrogen-bond donors (Lipinski definition) is 0. The van der Waals surface area contributed by atoms with Gasteiger partial charge in [0.1, 0.15) is 11.2 Å². The van der Waals surface area contributed by atoms with Crippen LogP contribution in [0.5, 0.6) is 0 Å². The van der Waals surface area contributed by atoms with Crippen molar-refractivity contribution in [2.45, 2.75) is 38.5 Å². The predicted molar refractivity (Wildman–Crippen MR) is 277 cm³/mol. The van der Waals surface area contributed by atoms with Gasteiger partial charge in [0, 0.05) is 43.8 Å². The molecule has 2 nitrogen and oxygen atoms in total. The van der Waals surface area contributed by atoms with Crippen molar-refractivity contribution in [1.29, 1.82) is 0 Å². The molecule has 11 aromatic rings. The van der Waals surface area contributed by atoms with Gasteiger partial charge in [0.25, 0.3) is 0 Å². The molecule has 13 rings (SSSR count). The second kappa shape index (κ2) is 14.3. The fraction of sp³-hybridized carbons (Fsp3) is 0.0938. The highest BCUT2D eigenvalue weighted by molar-refractivity contribution is 6.19. The summed E-state index contributed by atoms with van der Waals surface area (Å²) in [5.41, 5.74) is 22.7. The third kappa shape index (κ3) is 5.55. The van der Waals surface area contributed by atoms with E-state index in [9.17, 15) is 0 Å². The molecule has 2 heteroatoms. The van der Waals surface area contributed by atoms with Crippen LogP contribution in [0.4, 0.5) is 17.1 Å². The van der Waals surface area contributed by atoms with E-state index in [1.165, 1.54) is 72.1 Å². The Kier molecular flexibility index (Phi) is 8.33. The molecular formula is C64H47NO. The largest absolute Gasteiger partial charge is 0.455 e. The summed E-state index contributed by atoms with van der Waals surface area (Å²) in [6.07, 6.45) is 0. The van der Waals surface area contributed by atoms with Crippen LogP contribution in [0.3, 0.4) is 0 Å². The van der Waals surface area contributed by atoms with Gasteiger partial charge in [0.05, 0.1) is 11.4 Å². The van der Waals surface area contributed by atoms with Crippen LogP contribution in [0.15, 0.2) is 217 Å². The number of benzene rings is 10. The molecule has 0 saturated heterocycles. The summed E-state index contributed by atoms with van der Waals surface area (Å²) in [5.74, 6) is 0. The second-order valence-electron chi connectivity index (χ2n) is 19.2. The lowest BCUT2D eigenvalue weighted by Gasteiger charge is -2.31. The van der Waals surface area contributed by atoms with Gasteiger partial charge < -0.3 is 9.32 Å². The van der Waals surface area contributed by atoms with Gasteiger partial charge in [-0.25, -0.2) is 0 Å². The van der Waals surface area contributed by atoms with E-state index in [4.69, 9.17) is 4.42 Å². The van der Waals surface area contributed by atoms with Gasteiger partial charge in [-0.05, 0) is 115 Å². The second-order valence-corrected chi connectivity index (χ2v) is 19.2. The third-order valence-corrected chi connectivity index (χ3v) is 14.9. The molecular weight excluding hydrogens is 799 g/mol. The zero-order chi connectivity index (χ0) is 44.3. The summed E-state index contributed by atoms with van der Waals surface area (Å²) in [6, 6.07) is 78.4. The predicted octanol–water partition coefficient (Wildman–Crippen LogP) is 17.8. The van der Waals surface area contributed by atoms with Crippen LogP contribution in [0.1, 0.15) is 49.9 Å². The number of fused-ring (bicyclic) bond motifs is 11. The standard InChI is InChI=1S/C64H47NO/c1-63(2)54-29-12-8-25-51(54)60-50(27-16-30-55(60)63)49-24-10-14-32-58(49)65(57-31-13-9-21-44(57)42-35-36-48-47-23-7-11-28-53(47)64(3,4)56(48)39-42)43-20-15-19-41(38-43)45-26-17-33-59-61(45)52-37-34-40-18-5-6-22-46(40)62(52)66-59/h5-39H,1-4H3. The molecule has 0 saturated carbocycles. The van der Waals surface area contributed by atoms with Gasteiger partial charge in [0.15, 0.2) is 0 Å². The molecule has 0 spiro atoms. The van der Waals surface area contributed by atoms with Crippen LogP contribution in [-0.4, -0.2) is 0 Å². The van der Waals surface area contributed by atoms with Crippen LogP contribution in [0.25, 0.3) is 88.3 Å². The molecule has 2 aliphatic rings. The Morgan fingerprint density at radius 2 is 0.939 bits per heavy atom. The first kappa shape index (κ1) is 38.5. The summed E-state index contributed by atoms with van der Waals surface area (Å²) in [7, 11) is 0. The number of para-hydroxylation sites is 2. The lowest BCUT2D eigenvalue weighted by Crippen LogP contribution is -2.15. The average Bonchev–Trinajstić information content (AvgIpc) is 3.95. The molecule has 0 unspecified atom stereocenters. The number of anilines is 3. The Morgan fingerprint density at radius 3 is 1.77 bits per heavy atom. The van der Waals surface area contributed by atoms with Crippen molar-refractivity contribution in [3.05, 3.63) is 235 Å². The van der Waals surface area contributed by atoms with Crippen molar-refractivity contribution in [2.75, 3.05) is 4.90 Å². The molecule has 0 radical (unpaired) electrons. The van der Waals surface area contributed by atoms with E-state index in [2.05, 4.69) is 245 Å². The summed E-state index contributed by atoms with van der Waals surface area (Å²) in [4.78, 5) is 2.51. The van der Waals surface area contributed by atoms with Crippen molar-refractivity contribution in [3.63, 3.8) is 0 Å². The Balaban J connectivity index is 1.05. The summed E-state index contributed by atoms with van der Waals surface area (Å²) >= 11 is 0. The maximum Gasteiger partial charge on any atom is 0.143 e. The van der Waals surface area contributed by atoms with Crippen molar-refractivity contribution < 1.29 is 4.42 Å². The van der Waals surface area contributed by atoms with E-state index in [1.807, 2.05) is 0 Å². The molecule has 0 amide bonds. The van der Waals surface area contributed by atoms with Gasteiger partial charge in [-0.15, -0.1) is 0 Å². The van der Waals surface area contributed by atoms with E-state index < -0.39 is 0 Å². The Hall–Kier alpha value is -7.94. The van der Waals surface area contributed by atoms with E-state index in [1.54, 1.807) is 0 Å². The van der Waals surface area contributed by atoms with Crippen LogP contribution in [0.2, 0.25) is 0 Å². The number of hydrogen-bond acceptors (Lipinski definition) is 2. The van der Waals surface area contributed by atoms with Crippen LogP contribution >= 0.6 is 0 Å². The van der Waals surface area contributed by atoms with Crippen LogP contribution < -0.4 is 4.90 Å². The highest BCUT2D eigenvalue weighted by Crippen LogP contribution is 2.55. The Bertz CT molecular complexity index is 3790. The maximum absolute atomic E-state index is 6.71. The lowest BCUT2D eigenvalue weighted by molar-refractivity contribution is 0.660. The quantitative estimate of drug-likeness (QED) is 0.166. The third-order valence-electron chi connectivity index (χ3n) is 14.9. The first-order valence-corrected chi connectivity index (χ1v) is 23.2. The molecule has 2 aliphatic carbocycles. The van der Waals surface area contributed by atoms with Crippen molar-refractivity contribution in [2.24, 2.45) is 0 Å².